The highest BCUT2D eigenvalue weighted by molar-refractivity contribution is 6.00. The first-order chi connectivity index (χ1) is 10.1. The minimum atomic E-state index is 0.219. The van der Waals surface area contributed by atoms with Gasteiger partial charge in [0.25, 0.3) is 0 Å². The van der Waals surface area contributed by atoms with Crippen molar-refractivity contribution in [3.8, 4) is 0 Å². The van der Waals surface area contributed by atoms with E-state index >= 15 is 0 Å². The molecule has 0 fully saturated rings. The number of fused-ring (bicyclic) bond motifs is 1. The lowest BCUT2D eigenvalue weighted by atomic mass is 10.0. The zero-order valence-corrected chi connectivity index (χ0v) is 12.7. The quantitative estimate of drug-likeness (QED) is 0.624. The van der Waals surface area contributed by atoms with Crippen LogP contribution in [0.25, 0.3) is 10.9 Å². The third-order valence-electron chi connectivity index (χ3n) is 4.15. The van der Waals surface area contributed by atoms with Crippen molar-refractivity contribution < 1.29 is 9.37 Å². The van der Waals surface area contributed by atoms with Gasteiger partial charge in [-0.2, -0.15) is 0 Å². The Labute approximate surface area is 125 Å². The second-order valence-electron chi connectivity index (χ2n) is 5.75. The van der Waals surface area contributed by atoms with Gasteiger partial charge in [-0.25, -0.2) is 4.58 Å². The van der Waals surface area contributed by atoms with Gasteiger partial charge in [-0.1, -0.05) is 24.3 Å². The first-order valence-electron chi connectivity index (χ1n) is 7.47. The molecule has 3 nitrogen and oxygen atoms in total. The second-order valence-corrected chi connectivity index (χ2v) is 5.75. The van der Waals surface area contributed by atoms with Gasteiger partial charge in [-0.15, -0.1) is 0 Å². The number of para-hydroxylation sites is 1. The zero-order valence-electron chi connectivity index (χ0n) is 12.7. The number of hydrogen-bond donors (Lipinski definition) is 0. The molecule has 0 spiro atoms. The first-order valence-corrected chi connectivity index (χ1v) is 7.47. The third-order valence-corrected chi connectivity index (χ3v) is 4.15. The fraction of sp³-hybridized carbons (Fsp3) is 0.333. The van der Waals surface area contributed by atoms with Gasteiger partial charge >= 0.3 is 0 Å². The molecule has 2 heterocycles. The predicted octanol–water partition coefficient (Wildman–Crippen LogP) is 3.18. The summed E-state index contributed by atoms with van der Waals surface area (Å²) in [5, 5.41) is 1.13. The van der Waals surface area contributed by atoms with Crippen LogP contribution in [0, 0.1) is 0 Å². The van der Waals surface area contributed by atoms with E-state index in [4.69, 9.17) is 0 Å². The van der Waals surface area contributed by atoms with Crippen LogP contribution in [0.1, 0.15) is 29.8 Å². The number of hydrogen-bond acceptors (Lipinski definition) is 1. The molecule has 0 unspecified atom stereocenters. The normalized spacial score (nSPS) is 15.0. The molecule has 0 saturated carbocycles. The molecule has 108 valence electrons. The average molecular weight is 281 g/mol. The maximum Gasteiger partial charge on any atom is 0.179 e. The largest absolute Gasteiger partial charge is 0.341 e. The minimum absolute atomic E-state index is 0.219. The van der Waals surface area contributed by atoms with Crippen molar-refractivity contribution in [2.24, 2.45) is 7.05 Å². The lowest BCUT2D eigenvalue weighted by Crippen LogP contribution is -2.15. The number of nitrogens with zero attached hydrogens (tertiary/aromatic N) is 2. The maximum absolute atomic E-state index is 12.5. The molecule has 0 atom stereocenters. The molecule has 3 rings (SSSR count). The van der Waals surface area contributed by atoms with Crippen LogP contribution >= 0.6 is 0 Å². The van der Waals surface area contributed by atoms with Gasteiger partial charge in [0.05, 0.1) is 5.69 Å². The average Bonchev–Trinajstić information content (AvgIpc) is 2.83. The molecule has 21 heavy (non-hydrogen) atoms. The highest BCUT2D eigenvalue weighted by Crippen LogP contribution is 2.20. The number of rotatable bonds is 4. The summed E-state index contributed by atoms with van der Waals surface area (Å²) in [5.74, 6) is 0.219. The molecule has 1 aliphatic rings. The molecule has 0 bridgehead atoms. The van der Waals surface area contributed by atoms with Gasteiger partial charge in [0.2, 0.25) is 0 Å². The molecular weight excluding hydrogens is 260 g/mol. The number of aromatic nitrogens is 1. The van der Waals surface area contributed by atoms with E-state index in [-0.39, 0.29) is 5.78 Å². The van der Waals surface area contributed by atoms with Crippen LogP contribution in [0.5, 0.6) is 0 Å². The number of ketones is 1. The molecule has 0 amide bonds. The van der Waals surface area contributed by atoms with Gasteiger partial charge in [-0.05, 0) is 18.6 Å². The van der Waals surface area contributed by atoms with E-state index in [1.165, 1.54) is 5.57 Å². The van der Waals surface area contributed by atoms with Gasteiger partial charge in [0.15, 0.2) is 12.0 Å². The summed E-state index contributed by atoms with van der Waals surface area (Å²) in [4.78, 5) is 12.5. The van der Waals surface area contributed by atoms with E-state index in [2.05, 4.69) is 36.0 Å². The van der Waals surface area contributed by atoms with Crippen LogP contribution in [-0.2, 0) is 7.05 Å². The number of allylic oxidation sites excluding steroid dienone is 1. The molecule has 0 aliphatic carbocycles. The summed E-state index contributed by atoms with van der Waals surface area (Å²) < 4.78 is 4.19. The Morgan fingerprint density at radius 3 is 2.90 bits per heavy atom. The number of benzene rings is 1. The Kier molecular flexibility index (Phi) is 3.74. The van der Waals surface area contributed by atoms with Gasteiger partial charge in [0.1, 0.15) is 13.6 Å². The molecule has 3 heteroatoms. The highest BCUT2D eigenvalue weighted by atomic mass is 16.1. The Balaban J connectivity index is 1.75. The summed E-state index contributed by atoms with van der Waals surface area (Å²) in [6.07, 6.45) is 6.86. The van der Waals surface area contributed by atoms with E-state index in [0.29, 0.717) is 6.42 Å². The highest BCUT2D eigenvalue weighted by Gasteiger charge is 2.15. The fourth-order valence-corrected chi connectivity index (χ4v) is 2.96. The molecule has 1 aromatic heterocycles. The Bertz CT molecular complexity index is 750. The lowest BCUT2D eigenvalue weighted by molar-refractivity contribution is -0.492. The summed E-state index contributed by atoms with van der Waals surface area (Å²) in [6, 6.07) is 10.1. The summed E-state index contributed by atoms with van der Waals surface area (Å²) in [5.41, 5.74) is 3.20. The Hall–Kier alpha value is -2.16. The molecule has 0 saturated heterocycles. The number of Topliss-reactive ketones (excluding diaryl/α,β-unsaturated/α-hetero) is 1. The molecule has 0 radical (unpaired) electrons. The van der Waals surface area contributed by atoms with Crippen LogP contribution in [0.3, 0.4) is 0 Å². The molecular formula is C18H21N2O+. The molecule has 2 aromatic rings. The Morgan fingerprint density at radius 1 is 1.33 bits per heavy atom. The van der Waals surface area contributed by atoms with Crippen molar-refractivity contribution in [2.75, 3.05) is 13.6 Å². The molecule has 1 aromatic carbocycles. The van der Waals surface area contributed by atoms with Crippen molar-refractivity contribution in [3.05, 3.63) is 47.7 Å². The SMILES string of the molecule is Cn1c(C(=O)CCC2=CCC[N+](C)=C2)cc2ccccc21. The Morgan fingerprint density at radius 2 is 2.14 bits per heavy atom. The van der Waals surface area contributed by atoms with E-state index in [1.807, 2.05) is 29.8 Å². The smallest absolute Gasteiger partial charge is 0.179 e. The topological polar surface area (TPSA) is 25.0 Å². The predicted molar refractivity (Wildman–Crippen MR) is 86.3 cm³/mol. The van der Waals surface area contributed by atoms with Crippen LogP contribution in [0.4, 0.5) is 0 Å². The first kappa shape index (κ1) is 13.8. The van der Waals surface area contributed by atoms with Crippen molar-refractivity contribution in [2.45, 2.75) is 19.3 Å². The number of carbonyl (C=O) groups excluding carboxylic acids is 1. The van der Waals surface area contributed by atoms with Crippen LogP contribution in [0.2, 0.25) is 0 Å². The molecule has 1 aliphatic heterocycles. The van der Waals surface area contributed by atoms with E-state index < -0.39 is 0 Å². The monoisotopic (exact) mass is 281 g/mol. The van der Waals surface area contributed by atoms with E-state index in [1.54, 1.807) is 0 Å². The van der Waals surface area contributed by atoms with Gasteiger partial charge in [-0.3, -0.25) is 4.79 Å². The second kappa shape index (κ2) is 5.68. The summed E-state index contributed by atoms with van der Waals surface area (Å²) >= 11 is 0. The minimum Gasteiger partial charge on any atom is -0.341 e. The van der Waals surface area contributed by atoms with E-state index in [9.17, 15) is 4.79 Å². The standard InChI is InChI=1S/C18H21N2O/c1-19-11-5-6-14(13-19)9-10-18(21)17-12-15-7-3-4-8-16(15)20(17)2/h3-4,6-8,12-13H,5,9-11H2,1-2H3/q+1. The van der Waals surface area contributed by atoms with Crippen LogP contribution in [0.15, 0.2) is 42.0 Å². The maximum atomic E-state index is 12.5. The zero-order chi connectivity index (χ0) is 14.8. The van der Waals surface area contributed by atoms with Gasteiger partial charge < -0.3 is 4.57 Å². The van der Waals surface area contributed by atoms with Crippen LogP contribution < -0.4 is 0 Å². The van der Waals surface area contributed by atoms with Crippen molar-refractivity contribution >= 4 is 22.9 Å². The van der Waals surface area contributed by atoms with Gasteiger partial charge in [0, 0.05) is 36.4 Å². The number of carbonyl (C=O) groups is 1. The van der Waals surface area contributed by atoms with Crippen LogP contribution in [-0.4, -0.2) is 34.7 Å². The summed E-state index contributed by atoms with van der Waals surface area (Å²) in [7, 11) is 4.05. The van der Waals surface area contributed by atoms with Crippen molar-refractivity contribution in [1.82, 2.24) is 4.57 Å². The summed E-state index contributed by atoms with van der Waals surface area (Å²) in [6.45, 7) is 1.07. The fourth-order valence-electron chi connectivity index (χ4n) is 2.96. The number of aryl methyl sites for hydroxylation is 1. The van der Waals surface area contributed by atoms with E-state index in [0.717, 1.165) is 36.0 Å². The molecule has 0 N–H and O–H groups in total. The van der Waals surface area contributed by atoms with Crippen molar-refractivity contribution in [3.63, 3.8) is 0 Å². The van der Waals surface area contributed by atoms with Crippen molar-refractivity contribution in [1.29, 1.82) is 0 Å². The lowest BCUT2D eigenvalue weighted by Gasteiger charge is -2.07. The third kappa shape index (κ3) is 2.82.